The Balaban J connectivity index is 1.92. The average molecular weight is 366 g/mol. The summed E-state index contributed by atoms with van der Waals surface area (Å²) in [4.78, 5) is 4.12. The molecule has 7 heteroatoms. The first-order chi connectivity index (χ1) is 11.8. The smallest absolute Gasteiger partial charge is 0.265 e. The molecule has 1 aliphatic heterocycles. The minimum Gasteiger partial charge on any atom is -0.472 e. The average Bonchev–Trinajstić information content (AvgIpc) is 2.56. The van der Waals surface area contributed by atoms with Gasteiger partial charge >= 0.3 is 0 Å². The Kier molecular flexibility index (Phi) is 4.90. The summed E-state index contributed by atoms with van der Waals surface area (Å²) in [5.74, 6) is 0.174. The number of hydrogen-bond acceptors (Lipinski definition) is 5. The molecule has 0 aromatic carbocycles. The molecule has 0 radical (unpaired) electrons. The Hall–Kier alpha value is -1.47. The van der Waals surface area contributed by atoms with E-state index in [0.29, 0.717) is 25.7 Å². The van der Waals surface area contributed by atoms with Gasteiger partial charge in [0, 0.05) is 25.4 Å². The number of fused-ring (bicyclic) bond motifs is 1. The van der Waals surface area contributed by atoms with Crippen molar-refractivity contribution in [2.24, 2.45) is 4.40 Å². The summed E-state index contributed by atoms with van der Waals surface area (Å²) in [5.41, 5.74) is 0.197. The summed E-state index contributed by atoms with van der Waals surface area (Å²) in [6.45, 7) is 3.66. The van der Waals surface area contributed by atoms with Gasteiger partial charge in [0.05, 0.1) is 0 Å². The van der Waals surface area contributed by atoms with E-state index in [1.54, 1.807) is 19.3 Å². The van der Waals surface area contributed by atoms with Crippen molar-refractivity contribution in [2.75, 3.05) is 6.61 Å². The Bertz CT molecular complexity index is 750. The normalized spacial score (nSPS) is 32.2. The topological polar surface area (TPSA) is 88.9 Å². The highest BCUT2D eigenvalue weighted by molar-refractivity contribution is 7.91. The van der Waals surface area contributed by atoms with Crippen LogP contribution < -0.4 is 0 Å². The van der Waals surface area contributed by atoms with Crippen LogP contribution in [0.15, 0.2) is 28.9 Å². The van der Waals surface area contributed by atoms with Crippen LogP contribution >= 0.6 is 0 Å². The van der Waals surface area contributed by atoms with Gasteiger partial charge in [-0.15, -0.1) is 4.40 Å². The molecule has 3 atom stereocenters. The number of sulfonamides is 1. The molecule has 138 valence electrons. The van der Waals surface area contributed by atoms with E-state index >= 15 is 0 Å². The molecule has 0 amide bonds. The summed E-state index contributed by atoms with van der Waals surface area (Å²) >= 11 is 0. The van der Waals surface area contributed by atoms with E-state index in [1.165, 1.54) is 0 Å². The van der Waals surface area contributed by atoms with Crippen molar-refractivity contribution in [2.45, 2.75) is 68.6 Å². The zero-order valence-corrected chi connectivity index (χ0v) is 15.6. The maximum atomic E-state index is 12.9. The maximum Gasteiger partial charge on any atom is 0.265 e. The highest BCUT2D eigenvalue weighted by Gasteiger charge is 2.60. The number of hydrogen-bond donors (Lipinski definition) is 1. The maximum absolute atomic E-state index is 12.9. The molecular formula is C18H26N2O4S. The summed E-state index contributed by atoms with van der Waals surface area (Å²) in [5, 5.41) is 9.39. The van der Waals surface area contributed by atoms with E-state index in [2.05, 4.69) is 9.38 Å². The fraction of sp³-hybridized carbons (Fsp3) is 0.667. The fourth-order valence-corrected chi connectivity index (χ4v) is 5.65. The second-order valence-corrected chi connectivity index (χ2v) is 9.46. The molecule has 2 aliphatic rings. The minimum absolute atomic E-state index is 0.00851. The molecule has 1 saturated carbocycles. The van der Waals surface area contributed by atoms with Gasteiger partial charge in [-0.3, -0.25) is 4.98 Å². The van der Waals surface area contributed by atoms with Gasteiger partial charge < -0.3 is 9.84 Å². The lowest BCUT2D eigenvalue weighted by atomic mass is 9.76. The molecule has 2 heterocycles. The van der Waals surface area contributed by atoms with E-state index in [-0.39, 0.29) is 18.4 Å². The molecular weight excluding hydrogens is 340 g/mol. The Morgan fingerprint density at radius 1 is 1.32 bits per heavy atom. The first-order valence-electron chi connectivity index (χ1n) is 8.84. The van der Waals surface area contributed by atoms with Gasteiger partial charge in [-0.1, -0.05) is 12.5 Å². The number of aliphatic hydroxyl groups excluding tert-OH is 1. The van der Waals surface area contributed by atoms with E-state index < -0.39 is 20.4 Å². The first-order valence-corrected chi connectivity index (χ1v) is 10.3. The molecule has 25 heavy (non-hydrogen) atoms. The van der Waals surface area contributed by atoms with E-state index in [0.717, 1.165) is 18.4 Å². The standard InChI is InChI=1S/C18H26N2O4S/c1-17-8-3-4-9-18(17,2)25(22,23)20-16(24-17)12-14(7-11-21)15-6-5-10-19-13-15/h5-6,10,13-14,21H,3-4,7-9,11-12H2,1-2H3/t14-,17?,18?/m1/s1. The van der Waals surface area contributed by atoms with Gasteiger partial charge in [0.15, 0.2) is 0 Å². The molecule has 6 nitrogen and oxygen atoms in total. The van der Waals surface area contributed by atoms with Crippen LogP contribution in [0.3, 0.4) is 0 Å². The summed E-state index contributed by atoms with van der Waals surface area (Å²) < 4.78 is 35.0. The van der Waals surface area contributed by atoms with Crippen molar-refractivity contribution in [3.05, 3.63) is 30.1 Å². The lowest BCUT2D eigenvalue weighted by molar-refractivity contribution is -0.00405. The second kappa shape index (κ2) is 6.68. The van der Waals surface area contributed by atoms with Gasteiger partial charge in [0.25, 0.3) is 10.0 Å². The third kappa shape index (κ3) is 3.19. The summed E-state index contributed by atoms with van der Waals surface area (Å²) in [6.07, 6.45) is 7.39. The molecule has 0 spiro atoms. The molecule has 1 fully saturated rings. The summed E-state index contributed by atoms with van der Waals surface area (Å²) in [6, 6.07) is 3.76. The van der Waals surface area contributed by atoms with Crippen LogP contribution in [-0.4, -0.2) is 41.4 Å². The number of nitrogens with zero attached hydrogens (tertiary/aromatic N) is 2. The monoisotopic (exact) mass is 366 g/mol. The van der Waals surface area contributed by atoms with Crippen molar-refractivity contribution < 1.29 is 18.3 Å². The van der Waals surface area contributed by atoms with Gasteiger partial charge in [-0.25, -0.2) is 8.42 Å². The van der Waals surface area contributed by atoms with Crippen molar-refractivity contribution >= 4 is 15.9 Å². The zero-order valence-electron chi connectivity index (χ0n) is 14.8. The third-order valence-corrected chi connectivity index (χ3v) is 8.08. The number of rotatable bonds is 5. The molecule has 1 aliphatic carbocycles. The molecule has 1 aromatic rings. The van der Waals surface area contributed by atoms with Gasteiger partial charge in [0.2, 0.25) is 5.90 Å². The molecule has 2 unspecified atom stereocenters. The predicted octanol–water partition coefficient (Wildman–Crippen LogP) is 2.79. The fourth-order valence-electron chi connectivity index (χ4n) is 3.98. The van der Waals surface area contributed by atoms with E-state index in [9.17, 15) is 13.5 Å². The van der Waals surface area contributed by atoms with E-state index in [1.807, 2.05) is 19.1 Å². The molecule has 0 bridgehead atoms. The number of ether oxygens (including phenoxy) is 1. The minimum atomic E-state index is -3.65. The predicted molar refractivity (Wildman–Crippen MR) is 96.0 cm³/mol. The van der Waals surface area contributed by atoms with Gasteiger partial charge in [0.1, 0.15) is 10.3 Å². The SMILES string of the molecule is CC12CCCCC1(C)S(=O)(=O)N=C(C[C@@H](CCO)c1cccnc1)O2. The van der Waals surface area contributed by atoms with Crippen LogP contribution in [0.2, 0.25) is 0 Å². The van der Waals surface area contributed by atoms with Gasteiger partial charge in [-0.2, -0.15) is 0 Å². The molecule has 1 N–H and O–H groups in total. The molecule has 3 rings (SSSR count). The van der Waals surface area contributed by atoms with Crippen LogP contribution in [0, 0.1) is 0 Å². The van der Waals surface area contributed by atoms with E-state index in [4.69, 9.17) is 4.74 Å². The highest BCUT2D eigenvalue weighted by Crippen LogP contribution is 2.48. The van der Waals surface area contributed by atoms with Crippen molar-refractivity contribution in [3.63, 3.8) is 0 Å². The van der Waals surface area contributed by atoms with Crippen LogP contribution in [0.4, 0.5) is 0 Å². The quantitative estimate of drug-likeness (QED) is 0.865. The Labute approximate surface area is 149 Å². The van der Waals surface area contributed by atoms with Gasteiger partial charge in [-0.05, 0) is 57.1 Å². The van der Waals surface area contributed by atoms with Crippen molar-refractivity contribution in [3.8, 4) is 0 Å². The number of aliphatic hydroxyl groups is 1. The van der Waals surface area contributed by atoms with Crippen LogP contribution in [0.5, 0.6) is 0 Å². The lowest BCUT2D eigenvalue weighted by Crippen LogP contribution is -2.61. The highest BCUT2D eigenvalue weighted by atomic mass is 32.2. The van der Waals surface area contributed by atoms with Crippen molar-refractivity contribution in [1.82, 2.24) is 4.98 Å². The lowest BCUT2D eigenvalue weighted by Gasteiger charge is -2.50. The van der Waals surface area contributed by atoms with Crippen LogP contribution in [0.1, 0.15) is 63.9 Å². The number of aromatic nitrogens is 1. The number of pyridine rings is 1. The summed E-state index contributed by atoms with van der Waals surface area (Å²) in [7, 11) is -3.65. The third-order valence-electron chi connectivity index (χ3n) is 5.87. The first kappa shape index (κ1) is 18.3. The van der Waals surface area contributed by atoms with Crippen LogP contribution in [-0.2, 0) is 14.8 Å². The van der Waals surface area contributed by atoms with Crippen molar-refractivity contribution in [1.29, 1.82) is 0 Å². The second-order valence-electron chi connectivity index (χ2n) is 7.43. The zero-order chi connectivity index (χ0) is 18.1. The Morgan fingerprint density at radius 2 is 2.08 bits per heavy atom. The largest absolute Gasteiger partial charge is 0.472 e. The van der Waals surface area contributed by atoms with Crippen LogP contribution in [0.25, 0.3) is 0 Å². The molecule has 0 saturated heterocycles. The molecule has 1 aromatic heterocycles. The Morgan fingerprint density at radius 3 is 2.76 bits per heavy atom.